The van der Waals surface area contributed by atoms with Gasteiger partial charge in [0.05, 0.1) is 5.92 Å². The number of carboxylic acid groups (broad SMARTS) is 3. The zero-order valence-corrected chi connectivity index (χ0v) is 9.76. The van der Waals surface area contributed by atoms with E-state index < -0.39 is 47.0 Å². The van der Waals surface area contributed by atoms with Crippen LogP contribution in [-0.2, 0) is 14.4 Å². The first-order valence-electron chi connectivity index (χ1n) is 4.79. The van der Waals surface area contributed by atoms with Gasteiger partial charge < -0.3 is 21.1 Å². The molecular formula is C9H13NO6S. The first-order valence-corrected chi connectivity index (χ1v) is 6.08. The summed E-state index contributed by atoms with van der Waals surface area (Å²) in [7, 11) is 0. The van der Waals surface area contributed by atoms with Crippen LogP contribution in [-0.4, -0.2) is 50.8 Å². The van der Waals surface area contributed by atoms with Crippen LogP contribution in [0.5, 0.6) is 0 Å². The molecule has 1 rings (SSSR count). The van der Waals surface area contributed by atoms with E-state index >= 15 is 0 Å². The number of thioether (sulfide) groups is 1. The van der Waals surface area contributed by atoms with Crippen LogP contribution in [0.1, 0.15) is 0 Å². The molecule has 0 aromatic heterocycles. The lowest BCUT2D eigenvalue weighted by atomic mass is 10.1. The van der Waals surface area contributed by atoms with E-state index in [4.69, 9.17) is 21.1 Å². The van der Waals surface area contributed by atoms with E-state index in [0.717, 1.165) is 11.8 Å². The molecule has 0 radical (unpaired) electrons. The molecular weight excluding hydrogens is 250 g/mol. The zero-order valence-electron chi connectivity index (χ0n) is 8.94. The number of hydrogen-bond acceptors (Lipinski definition) is 5. The number of carboxylic acids is 3. The SMILES string of the molecule is CSC(C(=O)O)C1C(C(=O)O)C1C(N)C(=O)O. The van der Waals surface area contributed by atoms with E-state index in [9.17, 15) is 14.4 Å². The van der Waals surface area contributed by atoms with Crippen molar-refractivity contribution >= 4 is 29.7 Å². The molecule has 1 aliphatic rings. The summed E-state index contributed by atoms with van der Waals surface area (Å²) in [6, 6.07) is -1.34. The van der Waals surface area contributed by atoms with E-state index in [1.807, 2.05) is 0 Å². The first kappa shape index (κ1) is 13.8. The van der Waals surface area contributed by atoms with Crippen molar-refractivity contribution in [1.82, 2.24) is 0 Å². The van der Waals surface area contributed by atoms with E-state index in [1.165, 1.54) is 0 Å². The molecule has 0 aromatic carbocycles. The van der Waals surface area contributed by atoms with Gasteiger partial charge in [0.1, 0.15) is 11.3 Å². The third kappa shape index (κ3) is 2.52. The Balaban J connectivity index is 2.88. The maximum Gasteiger partial charge on any atom is 0.320 e. The van der Waals surface area contributed by atoms with Crippen molar-refractivity contribution in [2.45, 2.75) is 11.3 Å². The molecule has 0 aliphatic heterocycles. The summed E-state index contributed by atoms with van der Waals surface area (Å²) in [5.74, 6) is -6.20. The Morgan fingerprint density at radius 2 is 1.65 bits per heavy atom. The maximum atomic E-state index is 10.9. The molecule has 17 heavy (non-hydrogen) atoms. The average Bonchev–Trinajstić information content (AvgIpc) is 2.92. The van der Waals surface area contributed by atoms with Crippen LogP contribution in [0.4, 0.5) is 0 Å². The van der Waals surface area contributed by atoms with Gasteiger partial charge in [-0.3, -0.25) is 14.4 Å². The molecule has 1 aliphatic carbocycles. The minimum absolute atomic E-state index is 0.730. The lowest BCUT2D eigenvalue weighted by Gasteiger charge is -2.09. The summed E-state index contributed by atoms with van der Waals surface area (Å²) in [4.78, 5) is 32.5. The molecule has 0 saturated heterocycles. The predicted octanol–water partition coefficient (Wildman–Crippen LogP) is -0.839. The summed E-state index contributed by atoms with van der Waals surface area (Å²) >= 11 is 0.991. The smallest absolute Gasteiger partial charge is 0.320 e. The van der Waals surface area contributed by atoms with Crippen LogP contribution in [0.3, 0.4) is 0 Å². The van der Waals surface area contributed by atoms with E-state index in [2.05, 4.69) is 0 Å². The largest absolute Gasteiger partial charge is 0.481 e. The van der Waals surface area contributed by atoms with Crippen LogP contribution in [0, 0.1) is 17.8 Å². The number of nitrogens with two attached hydrogens (primary N) is 1. The number of hydrogen-bond donors (Lipinski definition) is 4. The van der Waals surface area contributed by atoms with Gasteiger partial charge in [-0.15, -0.1) is 11.8 Å². The zero-order chi connectivity index (χ0) is 13.3. The molecule has 0 bridgehead atoms. The average molecular weight is 263 g/mol. The molecule has 0 aromatic rings. The normalized spacial score (nSPS) is 30.4. The quantitative estimate of drug-likeness (QED) is 0.486. The third-order valence-electron chi connectivity index (χ3n) is 2.96. The van der Waals surface area contributed by atoms with Gasteiger partial charge in [0.25, 0.3) is 0 Å². The monoisotopic (exact) mass is 263 g/mol. The topological polar surface area (TPSA) is 138 Å². The molecule has 0 heterocycles. The molecule has 5 atom stereocenters. The third-order valence-corrected chi connectivity index (χ3v) is 3.99. The van der Waals surface area contributed by atoms with Crippen molar-refractivity contribution in [3.8, 4) is 0 Å². The van der Waals surface area contributed by atoms with E-state index in [1.54, 1.807) is 6.26 Å². The van der Waals surface area contributed by atoms with Crippen molar-refractivity contribution < 1.29 is 29.7 Å². The van der Waals surface area contributed by atoms with Crippen molar-refractivity contribution in [3.05, 3.63) is 0 Å². The molecule has 5 unspecified atom stereocenters. The predicted molar refractivity (Wildman–Crippen MR) is 58.7 cm³/mol. The Morgan fingerprint density at radius 3 is 1.94 bits per heavy atom. The fraction of sp³-hybridized carbons (Fsp3) is 0.667. The number of rotatable bonds is 6. The van der Waals surface area contributed by atoms with Crippen molar-refractivity contribution in [3.63, 3.8) is 0 Å². The van der Waals surface area contributed by atoms with Crippen LogP contribution < -0.4 is 5.73 Å². The molecule has 7 nitrogen and oxygen atoms in total. The highest BCUT2D eigenvalue weighted by Gasteiger charge is 2.63. The highest BCUT2D eigenvalue weighted by Crippen LogP contribution is 2.53. The van der Waals surface area contributed by atoms with Crippen LogP contribution in [0.15, 0.2) is 0 Å². The lowest BCUT2D eigenvalue weighted by molar-refractivity contribution is -0.140. The van der Waals surface area contributed by atoms with Crippen LogP contribution in [0.25, 0.3) is 0 Å². The fourth-order valence-corrected chi connectivity index (χ4v) is 3.00. The Kier molecular flexibility index (Phi) is 3.99. The number of carbonyl (C=O) groups is 3. The van der Waals surface area contributed by atoms with Gasteiger partial charge in [-0.25, -0.2) is 0 Å². The first-order chi connectivity index (χ1) is 7.82. The Bertz CT molecular complexity index is 359. The van der Waals surface area contributed by atoms with Gasteiger partial charge >= 0.3 is 17.9 Å². The molecule has 0 spiro atoms. The van der Waals surface area contributed by atoms with Crippen molar-refractivity contribution in [2.24, 2.45) is 23.5 Å². The number of aliphatic carboxylic acids is 3. The van der Waals surface area contributed by atoms with Gasteiger partial charge in [0.15, 0.2) is 0 Å². The van der Waals surface area contributed by atoms with Gasteiger partial charge in [-0.2, -0.15) is 0 Å². The van der Waals surface area contributed by atoms with E-state index in [0.29, 0.717) is 0 Å². The van der Waals surface area contributed by atoms with Crippen molar-refractivity contribution in [1.29, 1.82) is 0 Å². The van der Waals surface area contributed by atoms with Crippen LogP contribution in [0.2, 0.25) is 0 Å². The highest BCUT2D eigenvalue weighted by molar-refractivity contribution is 7.99. The summed E-state index contributed by atoms with van der Waals surface area (Å²) in [6.45, 7) is 0. The minimum atomic E-state index is -1.34. The molecule has 0 amide bonds. The fourth-order valence-electron chi connectivity index (χ4n) is 2.13. The maximum absolute atomic E-state index is 10.9. The van der Waals surface area contributed by atoms with E-state index in [-0.39, 0.29) is 0 Å². The molecule has 1 fully saturated rings. The van der Waals surface area contributed by atoms with Gasteiger partial charge in [0.2, 0.25) is 0 Å². The van der Waals surface area contributed by atoms with Gasteiger partial charge in [-0.05, 0) is 6.26 Å². The lowest BCUT2D eigenvalue weighted by Crippen LogP contribution is -2.35. The molecule has 8 heteroatoms. The highest BCUT2D eigenvalue weighted by atomic mass is 32.2. The summed E-state index contributed by atoms with van der Waals surface area (Å²) in [6.07, 6.45) is 1.54. The van der Waals surface area contributed by atoms with Crippen LogP contribution >= 0.6 is 11.8 Å². The van der Waals surface area contributed by atoms with Gasteiger partial charge in [-0.1, -0.05) is 0 Å². The van der Waals surface area contributed by atoms with Crippen molar-refractivity contribution in [2.75, 3.05) is 6.26 Å². The second-order valence-electron chi connectivity index (χ2n) is 3.88. The molecule has 96 valence electrons. The second kappa shape index (κ2) is 4.92. The van der Waals surface area contributed by atoms with Gasteiger partial charge in [0, 0.05) is 11.8 Å². The summed E-state index contributed by atoms with van der Waals surface area (Å²) in [5.41, 5.74) is 5.37. The standard InChI is InChI=1S/C9H13NO6S/c1-17-6(9(15)16)3-2(4(3)7(11)12)5(10)8(13)14/h2-6H,10H2,1H3,(H,11,12)(H,13,14)(H,15,16). The Hall–Kier alpha value is -1.28. The minimum Gasteiger partial charge on any atom is -0.481 e. The Morgan fingerprint density at radius 1 is 1.12 bits per heavy atom. The summed E-state index contributed by atoms with van der Waals surface area (Å²) < 4.78 is 0. The molecule has 5 N–H and O–H groups in total. The second-order valence-corrected chi connectivity index (χ2v) is 4.86. The Labute approximate surface area is 101 Å². The summed E-state index contributed by atoms with van der Waals surface area (Å²) in [5, 5.41) is 25.6. The molecule has 1 saturated carbocycles.